The maximum atomic E-state index is 9.09. The molecule has 1 heterocycles. The van der Waals surface area contributed by atoms with Crippen LogP contribution in [0.3, 0.4) is 0 Å². The Hall–Kier alpha value is -0.200. The number of rotatable bonds is 0. The molecule has 0 aliphatic carbocycles. The molecule has 0 saturated carbocycles. The molecule has 5 nitrogen and oxygen atoms in total. The van der Waals surface area contributed by atoms with Crippen molar-refractivity contribution in [1.82, 2.24) is 0 Å². The van der Waals surface area contributed by atoms with Gasteiger partial charge in [0.15, 0.2) is 6.29 Å². The molecule has 0 spiro atoms. The van der Waals surface area contributed by atoms with Gasteiger partial charge in [-0.15, -0.1) is 0 Å². The van der Waals surface area contributed by atoms with E-state index in [9.17, 15) is 0 Å². The highest BCUT2D eigenvalue weighted by atomic mass is 16.6. The summed E-state index contributed by atoms with van der Waals surface area (Å²) in [7, 11) is 0. The molecular formula is C6H12O5. The Balaban J connectivity index is 2.63. The molecule has 0 aromatic rings. The first-order chi connectivity index (χ1) is 5.04. The molecular weight excluding hydrogens is 152 g/mol. The van der Waals surface area contributed by atoms with E-state index >= 15 is 0 Å². The molecule has 0 amide bonds. The molecule has 11 heavy (non-hydrogen) atoms. The van der Waals surface area contributed by atoms with Gasteiger partial charge in [0.05, 0.1) is 6.10 Å². The Bertz CT molecular complexity index is 125. The molecule has 2 unspecified atom stereocenters. The Labute approximate surface area is 63.8 Å². The summed E-state index contributed by atoms with van der Waals surface area (Å²) >= 11 is 0. The first-order valence-electron chi connectivity index (χ1n) is 3.41. The van der Waals surface area contributed by atoms with Gasteiger partial charge >= 0.3 is 0 Å². The van der Waals surface area contributed by atoms with E-state index in [1.807, 2.05) is 0 Å². The van der Waals surface area contributed by atoms with Gasteiger partial charge in [-0.25, -0.2) is 0 Å². The number of aliphatic hydroxyl groups is 4. The molecule has 1 rings (SSSR count). The molecule has 1 aliphatic heterocycles. The smallest absolute Gasteiger partial charge is 0.183 e. The number of aliphatic hydroxyl groups excluding tert-OH is 4. The average molecular weight is 164 g/mol. The summed E-state index contributed by atoms with van der Waals surface area (Å²) in [5.41, 5.74) is 0. The highest BCUT2D eigenvalue weighted by molar-refractivity contribution is 4.86. The normalized spacial score (nSPS) is 52.6. The summed E-state index contributed by atoms with van der Waals surface area (Å²) in [6, 6.07) is 0. The van der Waals surface area contributed by atoms with Crippen LogP contribution in [-0.2, 0) is 4.74 Å². The van der Waals surface area contributed by atoms with E-state index in [-0.39, 0.29) is 0 Å². The quantitative estimate of drug-likeness (QED) is 0.326. The SMILES string of the molecule is CC1OC(O)[C@H](O)[C@H](O)[C@H]1O. The summed E-state index contributed by atoms with van der Waals surface area (Å²) < 4.78 is 4.68. The lowest BCUT2D eigenvalue weighted by atomic mass is 10.0. The summed E-state index contributed by atoms with van der Waals surface area (Å²) in [5, 5.41) is 36.0. The van der Waals surface area contributed by atoms with Crippen LogP contribution in [0.2, 0.25) is 0 Å². The van der Waals surface area contributed by atoms with Crippen molar-refractivity contribution in [1.29, 1.82) is 0 Å². The Morgan fingerprint density at radius 2 is 1.45 bits per heavy atom. The van der Waals surface area contributed by atoms with E-state index in [2.05, 4.69) is 4.74 Å². The molecule has 66 valence electrons. The lowest BCUT2D eigenvalue weighted by Crippen LogP contribution is -2.56. The third-order valence-electron chi connectivity index (χ3n) is 1.83. The summed E-state index contributed by atoms with van der Waals surface area (Å²) in [5.74, 6) is 0. The Kier molecular flexibility index (Phi) is 2.46. The lowest BCUT2D eigenvalue weighted by molar-refractivity contribution is -0.277. The highest BCUT2D eigenvalue weighted by Gasteiger charge is 2.40. The largest absolute Gasteiger partial charge is 0.388 e. The number of hydrogen-bond donors (Lipinski definition) is 4. The van der Waals surface area contributed by atoms with Crippen LogP contribution in [0.4, 0.5) is 0 Å². The van der Waals surface area contributed by atoms with Crippen LogP contribution in [0, 0.1) is 0 Å². The van der Waals surface area contributed by atoms with Crippen LogP contribution in [0.15, 0.2) is 0 Å². The molecule has 0 radical (unpaired) electrons. The lowest BCUT2D eigenvalue weighted by Gasteiger charge is -2.36. The molecule has 0 bridgehead atoms. The van der Waals surface area contributed by atoms with Gasteiger partial charge in [-0.05, 0) is 6.92 Å². The topological polar surface area (TPSA) is 90.2 Å². The summed E-state index contributed by atoms with van der Waals surface area (Å²) in [4.78, 5) is 0. The first-order valence-corrected chi connectivity index (χ1v) is 3.41. The molecule has 0 aromatic heterocycles. The van der Waals surface area contributed by atoms with Crippen molar-refractivity contribution in [2.45, 2.75) is 37.6 Å². The van der Waals surface area contributed by atoms with E-state index < -0.39 is 30.7 Å². The molecule has 4 N–H and O–H groups in total. The molecule has 1 saturated heterocycles. The zero-order valence-corrected chi connectivity index (χ0v) is 6.08. The minimum absolute atomic E-state index is 0.664. The van der Waals surface area contributed by atoms with Gasteiger partial charge in [-0.3, -0.25) is 0 Å². The van der Waals surface area contributed by atoms with Gasteiger partial charge in [-0.2, -0.15) is 0 Å². The third-order valence-corrected chi connectivity index (χ3v) is 1.83. The van der Waals surface area contributed by atoms with E-state index in [0.29, 0.717) is 0 Å². The van der Waals surface area contributed by atoms with E-state index in [0.717, 1.165) is 0 Å². The van der Waals surface area contributed by atoms with Crippen LogP contribution in [-0.4, -0.2) is 51.1 Å². The minimum atomic E-state index is -1.43. The van der Waals surface area contributed by atoms with E-state index in [4.69, 9.17) is 20.4 Å². The van der Waals surface area contributed by atoms with Crippen molar-refractivity contribution in [3.63, 3.8) is 0 Å². The van der Waals surface area contributed by atoms with Crippen molar-refractivity contribution in [3.05, 3.63) is 0 Å². The molecule has 5 heteroatoms. The van der Waals surface area contributed by atoms with Gasteiger partial charge in [0, 0.05) is 0 Å². The predicted molar refractivity (Wildman–Crippen MR) is 34.6 cm³/mol. The second kappa shape index (κ2) is 3.04. The fraction of sp³-hybridized carbons (Fsp3) is 1.00. The monoisotopic (exact) mass is 164 g/mol. The molecule has 1 aliphatic rings. The fourth-order valence-electron chi connectivity index (χ4n) is 1.03. The van der Waals surface area contributed by atoms with Crippen molar-refractivity contribution < 1.29 is 25.2 Å². The predicted octanol–water partition coefficient (Wildman–Crippen LogP) is -2.19. The van der Waals surface area contributed by atoms with Crippen molar-refractivity contribution >= 4 is 0 Å². The number of hydrogen-bond acceptors (Lipinski definition) is 5. The van der Waals surface area contributed by atoms with E-state index in [1.54, 1.807) is 0 Å². The first kappa shape index (κ1) is 8.89. The Morgan fingerprint density at radius 1 is 0.909 bits per heavy atom. The van der Waals surface area contributed by atoms with Crippen LogP contribution >= 0.6 is 0 Å². The molecule has 5 atom stereocenters. The fourth-order valence-corrected chi connectivity index (χ4v) is 1.03. The summed E-state index contributed by atoms with van der Waals surface area (Å²) in [6.07, 6.45) is -5.99. The van der Waals surface area contributed by atoms with Gasteiger partial charge in [0.2, 0.25) is 0 Å². The standard InChI is InChI=1S/C6H12O5/c1-2-3(7)4(8)5(9)6(10)11-2/h2-10H,1H3/t2?,3-,4+,5+,6?/m0/s1. The van der Waals surface area contributed by atoms with Crippen LogP contribution in [0.1, 0.15) is 6.92 Å². The van der Waals surface area contributed by atoms with Crippen LogP contribution in [0.25, 0.3) is 0 Å². The van der Waals surface area contributed by atoms with Crippen LogP contribution < -0.4 is 0 Å². The molecule has 0 aromatic carbocycles. The highest BCUT2D eigenvalue weighted by Crippen LogP contribution is 2.18. The van der Waals surface area contributed by atoms with Gasteiger partial charge in [0.1, 0.15) is 18.3 Å². The van der Waals surface area contributed by atoms with E-state index in [1.165, 1.54) is 6.92 Å². The minimum Gasteiger partial charge on any atom is -0.388 e. The van der Waals surface area contributed by atoms with Crippen molar-refractivity contribution in [2.24, 2.45) is 0 Å². The van der Waals surface area contributed by atoms with Gasteiger partial charge in [0.25, 0.3) is 0 Å². The van der Waals surface area contributed by atoms with Crippen molar-refractivity contribution in [2.75, 3.05) is 0 Å². The maximum absolute atomic E-state index is 9.09. The van der Waals surface area contributed by atoms with Crippen LogP contribution in [0.5, 0.6) is 0 Å². The van der Waals surface area contributed by atoms with Crippen molar-refractivity contribution in [3.8, 4) is 0 Å². The maximum Gasteiger partial charge on any atom is 0.183 e. The van der Waals surface area contributed by atoms with Gasteiger partial charge in [-0.1, -0.05) is 0 Å². The van der Waals surface area contributed by atoms with Gasteiger partial charge < -0.3 is 25.2 Å². The zero-order valence-electron chi connectivity index (χ0n) is 6.08. The summed E-state index contributed by atoms with van der Waals surface area (Å²) in [6.45, 7) is 1.50. The zero-order chi connectivity index (χ0) is 8.59. The Morgan fingerprint density at radius 3 is 2.00 bits per heavy atom. The third kappa shape index (κ3) is 1.52. The second-order valence-electron chi connectivity index (χ2n) is 2.70. The number of ether oxygens (including phenoxy) is 1. The average Bonchev–Trinajstić information content (AvgIpc) is 1.97. The second-order valence-corrected chi connectivity index (χ2v) is 2.70. The molecule has 1 fully saturated rings.